The van der Waals surface area contributed by atoms with Gasteiger partial charge in [0, 0.05) is 22.5 Å². The van der Waals surface area contributed by atoms with Crippen molar-refractivity contribution < 1.29 is 9.59 Å². The first kappa shape index (κ1) is 16.3. The van der Waals surface area contributed by atoms with Gasteiger partial charge in [0.15, 0.2) is 0 Å². The Kier molecular flexibility index (Phi) is 5.50. The van der Waals surface area contributed by atoms with Crippen molar-refractivity contribution in [3.05, 3.63) is 77.0 Å². The van der Waals surface area contributed by atoms with Crippen LogP contribution in [-0.2, 0) is 4.79 Å². The first-order valence-corrected chi connectivity index (χ1v) is 7.01. The molecule has 0 spiro atoms. The molecule has 0 saturated heterocycles. The molecule has 2 amide bonds. The van der Waals surface area contributed by atoms with E-state index in [2.05, 4.69) is 10.6 Å². The van der Waals surface area contributed by atoms with Crippen LogP contribution in [0.2, 0.25) is 5.02 Å². The highest BCUT2D eigenvalue weighted by Gasteiger charge is 2.14. The Hall–Kier alpha value is -3.10. The lowest BCUT2D eigenvalue weighted by atomic mass is 10.2. The van der Waals surface area contributed by atoms with Crippen LogP contribution >= 0.6 is 11.6 Å². The number of hydrogen-bond acceptors (Lipinski definition) is 4. The van der Waals surface area contributed by atoms with E-state index < -0.39 is 11.8 Å². The quantitative estimate of drug-likeness (QED) is 0.668. The Bertz CT molecular complexity index is 795. The van der Waals surface area contributed by atoms with E-state index in [4.69, 9.17) is 16.9 Å². The van der Waals surface area contributed by atoms with E-state index in [0.29, 0.717) is 16.3 Å². The van der Waals surface area contributed by atoms with Gasteiger partial charge in [-0.3, -0.25) is 14.9 Å². The van der Waals surface area contributed by atoms with Crippen molar-refractivity contribution in [1.29, 1.82) is 5.26 Å². The minimum atomic E-state index is -0.782. The molecule has 2 N–H and O–H groups in total. The molecule has 0 aromatic heterocycles. The van der Waals surface area contributed by atoms with Crippen LogP contribution in [0.1, 0.15) is 10.4 Å². The number of halogens is 1. The van der Waals surface area contributed by atoms with Crippen LogP contribution < -0.4 is 10.6 Å². The summed E-state index contributed by atoms with van der Waals surface area (Å²) < 4.78 is 0. The Morgan fingerprint density at radius 2 is 1.83 bits per heavy atom. The number of amides is 2. The molecule has 23 heavy (non-hydrogen) atoms. The smallest absolute Gasteiger partial charge is 0.270 e. The minimum Gasteiger partial charge on any atom is -0.360 e. The van der Waals surface area contributed by atoms with Gasteiger partial charge in [-0.15, -0.1) is 0 Å². The zero-order valence-corrected chi connectivity index (χ0v) is 12.7. The third-order valence-electron chi connectivity index (χ3n) is 2.84. The largest absolute Gasteiger partial charge is 0.360 e. The molecule has 0 radical (unpaired) electrons. The van der Waals surface area contributed by atoms with Gasteiger partial charge in [0.1, 0.15) is 11.6 Å². The first-order chi connectivity index (χ1) is 11.1. The molecule has 5 nitrogen and oxygen atoms in total. The van der Waals surface area contributed by atoms with Crippen LogP contribution in [0.3, 0.4) is 0 Å². The molecule has 2 aromatic carbocycles. The highest BCUT2D eigenvalue weighted by atomic mass is 35.5. The van der Waals surface area contributed by atoms with Gasteiger partial charge in [-0.1, -0.05) is 35.9 Å². The zero-order valence-electron chi connectivity index (χ0n) is 11.9. The van der Waals surface area contributed by atoms with E-state index in [9.17, 15) is 9.59 Å². The van der Waals surface area contributed by atoms with Crippen molar-refractivity contribution in [3.8, 4) is 6.07 Å². The Morgan fingerprint density at radius 1 is 1.09 bits per heavy atom. The topological polar surface area (TPSA) is 82.0 Å². The van der Waals surface area contributed by atoms with Crippen molar-refractivity contribution in [1.82, 2.24) is 5.32 Å². The summed E-state index contributed by atoms with van der Waals surface area (Å²) in [5.74, 6) is -1.35. The number of imide groups is 1. The molecule has 6 heteroatoms. The number of hydrogen-bond donors (Lipinski definition) is 2. The monoisotopic (exact) mass is 325 g/mol. The lowest BCUT2D eigenvalue weighted by Crippen LogP contribution is -2.31. The lowest BCUT2D eigenvalue weighted by Gasteiger charge is -2.04. The number of carbonyl (C=O) groups is 2. The Balaban J connectivity index is 2.05. The van der Waals surface area contributed by atoms with Crippen LogP contribution in [0.25, 0.3) is 0 Å². The fourth-order valence-electron chi connectivity index (χ4n) is 1.71. The molecule has 114 valence electrons. The zero-order chi connectivity index (χ0) is 16.7. The first-order valence-electron chi connectivity index (χ1n) is 6.63. The minimum absolute atomic E-state index is 0.228. The van der Waals surface area contributed by atoms with Crippen LogP contribution in [-0.4, -0.2) is 11.8 Å². The number of nitriles is 1. The van der Waals surface area contributed by atoms with E-state index in [1.165, 1.54) is 6.20 Å². The highest BCUT2D eigenvalue weighted by molar-refractivity contribution is 6.30. The van der Waals surface area contributed by atoms with Crippen LogP contribution in [0.15, 0.2) is 66.4 Å². The molecule has 0 atom stereocenters. The summed E-state index contributed by atoms with van der Waals surface area (Å²) in [6.45, 7) is 0. The van der Waals surface area contributed by atoms with Crippen molar-refractivity contribution in [2.24, 2.45) is 0 Å². The van der Waals surface area contributed by atoms with Crippen LogP contribution in [0.5, 0.6) is 0 Å². The molecule has 0 heterocycles. The third kappa shape index (κ3) is 4.70. The predicted octanol–water partition coefficient (Wildman–Crippen LogP) is 3.12. The van der Waals surface area contributed by atoms with Crippen molar-refractivity contribution in [2.45, 2.75) is 0 Å². The third-order valence-corrected chi connectivity index (χ3v) is 3.07. The second kappa shape index (κ2) is 7.78. The molecular formula is C17H12ClN3O2. The van der Waals surface area contributed by atoms with Crippen LogP contribution in [0.4, 0.5) is 5.69 Å². The van der Waals surface area contributed by atoms with Gasteiger partial charge < -0.3 is 5.32 Å². The summed E-state index contributed by atoms with van der Waals surface area (Å²) in [5, 5.41) is 14.5. The number of anilines is 1. The van der Waals surface area contributed by atoms with Crippen molar-refractivity contribution >= 4 is 29.1 Å². The van der Waals surface area contributed by atoms with Crippen molar-refractivity contribution in [3.63, 3.8) is 0 Å². The van der Waals surface area contributed by atoms with Gasteiger partial charge in [-0.2, -0.15) is 5.26 Å². The number of benzene rings is 2. The van der Waals surface area contributed by atoms with Gasteiger partial charge in [0.25, 0.3) is 11.8 Å². The predicted molar refractivity (Wildman–Crippen MR) is 87.7 cm³/mol. The van der Waals surface area contributed by atoms with E-state index >= 15 is 0 Å². The maximum absolute atomic E-state index is 12.0. The summed E-state index contributed by atoms with van der Waals surface area (Å²) >= 11 is 5.84. The van der Waals surface area contributed by atoms with E-state index in [0.717, 1.165) is 0 Å². The second-order valence-corrected chi connectivity index (χ2v) is 4.91. The summed E-state index contributed by atoms with van der Waals surface area (Å²) in [7, 11) is 0. The second-order valence-electron chi connectivity index (χ2n) is 4.47. The fourth-order valence-corrected chi connectivity index (χ4v) is 1.90. The molecule has 0 fully saturated rings. The summed E-state index contributed by atoms with van der Waals surface area (Å²) in [5.41, 5.74) is 0.725. The van der Waals surface area contributed by atoms with Crippen LogP contribution in [0, 0.1) is 11.3 Å². The number of nitrogens with zero attached hydrogens (tertiary/aromatic N) is 1. The normalized spacial score (nSPS) is 10.5. The Morgan fingerprint density at radius 3 is 2.48 bits per heavy atom. The van der Waals surface area contributed by atoms with E-state index in [-0.39, 0.29) is 5.57 Å². The Labute approximate surface area is 138 Å². The summed E-state index contributed by atoms with van der Waals surface area (Å²) in [6.07, 6.45) is 1.22. The van der Waals surface area contributed by atoms with Gasteiger partial charge in [0.2, 0.25) is 0 Å². The molecule has 0 bridgehead atoms. The molecule has 0 unspecified atom stereocenters. The van der Waals surface area contributed by atoms with E-state index in [1.54, 1.807) is 60.7 Å². The lowest BCUT2D eigenvalue weighted by molar-refractivity contribution is -0.116. The van der Waals surface area contributed by atoms with Gasteiger partial charge in [0.05, 0.1) is 0 Å². The van der Waals surface area contributed by atoms with Gasteiger partial charge in [-0.25, -0.2) is 0 Å². The van der Waals surface area contributed by atoms with Gasteiger partial charge >= 0.3 is 0 Å². The molecule has 2 rings (SSSR count). The number of nitrogens with one attached hydrogen (secondary N) is 2. The van der Waals surface area contributed by atoms with E-state index in [1.807, 2.05) is 0 Å². The number of carbonyl (C=O) groups excluding carboxylic acids is 2. The number of rotatable bonds is 4. The molecule has 0 aliphatic heterocycles. The maximum atomic E-state index is 12.0. The molecule has 0 aliphatic carbocycles. The molecule has 0 aliphatic rings. The van der Waals surface area contributed by atoms with Gasteiger partial charge in [-0.05, 0) is 30.3 Å². The molecule has 0 saturated carbocycles. The highest BCUT2D eigenvalue weighted by Crippen LogP contribution is 2.15. The average Bonchev–Trinajstić information content (AvgIpc) is 2.56. The van der Waals surface area contributed by atoms with Crippen molar-refractivity contribution in [2.75, 3.05) is 5.32 Å². The molecular weight excluding hydrogens is 314 g/mol. The maximum Gasteiger partial charge on any atom is 0.270 e. The standard InChI is InChI=1S/C17H12ClN3O2/c18-14-7-4-8-15(9-14)20-11-13(10-19)17(23)21-16(22)12-5-2-1-3-6-12/h1-9,11,20H,(H,21,22,23). The molecule has 2 aromatic rings. The average molecular weight is 326 g/mol. The fraction of sp³-hybridized carbons (Fsp3) is 0. The summed E-state index contributed by atoms with van der Waals surface area (Å²) in [6, 6.07) is 16.8. The SMILES string of the molecule is N#CC(=CNc1cccc(Cl)c1)C(=O)NC(=O)c1ccccc1. The summed E-state index contributed by atoms with van der Waals surface area (Å²) in [4.78, 5) is 23.8.